The van der Waals surface area contributed by atoms with E-state index in [0.29, 0.717) is 19.1 Å². The first kappa shape index (κ1) is 15.3. The van der Waals surface area contributed by atoms with E-state index < -0.39 is 0 Å². The van der Waals surface area contributed by atoms with Crippen LogP contribution in [-0.4, -0.2) is 41.0 Å². The molecular weight excluding hydrogens is 348 g/mol. The maximum Gasteiger partial charge on any atom is 0.257 e. The fourth-order valence-corrected chi connectivity index (χ4v) is 3.13. The molecule has 1 aliphatic carbocycles. The predicted molar refractivity (Wildman–Crippen MR) is 85.6 cm³/mol. The van der Waals surface area contributed by atoms with E-state index in [-0.39, 0.29) is 29.0 Å². The largest absolute Gasteiger partial charge is 0.507 e. The predicted octanol–water partition coefficient (Wildman–Crippen LogP) is 2.29. The van der Waals surface area contributed by atoms with Gasteiger partial charge in [-0.1, -0.05) is 15.9 Å². The van der Waals surface area contributed by atoms with Gasteiger partial charge in [-0.15, -0.1) is 0 Å². The zero-order valence-electron chi connectivity index (χ0n) is 12.2. The van der Waals surface area contributed by atoms with Gasteiger partial charge in [0.2, 0.25) is 5.91 Å². The molecule has 22 heavy (non-hydrogen) atoms. The highest BCUT2D eigenvalue weighted by molar-refractivity contribution is 9.10. The Bertz CT molecular complexity index is 601. The SMILES string of the molecule is O=C(NC1CC1)[C@@H]1CCCN(C(=O)c2ccc(Br)cc2O)C1. The highest BCUT2D eigenvalue weighted by Crippen LogP contribution is 2.26. The Morgan fingerprint density at radius 3 is 2.73 bits per heavy atom. The Morgan fingerprint density at radius 1 is 1.27 bits per heavy atom. The minimum absolute atomic E-state index is 0.0380. The van der Waals surface area contributed by atoms with E-state index in [1.54, 1.807) is 17.0 Å². The van der Waals surface area contributed by atoms with Gasteiger partial charge < -0.3 is 15.3 Å². The number of amides is 2. The summed E-state index contributed by atoms with van der Waals surface area (Å²) in [5.41, 5.74) is 0.284. The van der Waals surface area contributed by atoms with Crippen molar-refractivity contribution in [3.8, 4) is 5.75 Å². The van der Waals surface area contributed by atoms with Crippen LogP contribution < -0.4 is 5.32 Å². The third-order valence-electron chi connectivity index (χ3n) is 4.19. The average molecular weight is 367 g/mol. The second-order valence-corrected chi connectivity index (χ2v) is 6.95. The number of benzene rings is 1. The number of carbonyl (C=O) groups is 2. The van der Waals surface area contributed by atoms with Gasteiger partial charge in [-0.05, 0) is 43.9 Å². The van der Waals surface area contributed by atoms with Gasteiger partial charge in [-0.25, -0.2) is 0 Å². The zero-order valence-corrected chi connectivity index (χ0v) is 13.8. The molecule has 0 radical (unpaired) electrons. The summed E-state index contributed by atoms with van der Waals surface area (Å²) in [5.74, 6) is -0.339. The molecule has 1 saturated carbocycles. The van der Waals surface area contributed by atoms with Crippen LogP contribution in [0.15, 0.2) is 22.7 Å². The number of halogens is 1. The molecular formula is C16H19BrN2O3. The summed E-state index contributed by atoms with van der Waals surface area (Å²) in [7, 11) is 0. The van der Waals surface area contributed by atoms with Crippen LogP contribution in [0.4, 0.5) is 0 Å². The van der Waals surface area contributed by atoms with Crippen LogP contribution in [0.3, 0.4) is 0 Å². The molecule has 2 fully saturated rings. The molecule has 3 rings (SSSR count). The van der Waals surface area contributed by atoms with Crippen LogP contribution in [-0.2, 0) is 4.79 Å². The van der Waals surface area contributed by atoms with Crippen molar-refractivity contribution < 1.29 is 14.7 Å². The summed E-state index contributed by atoms with van der Waals surface area (Å²) in [6.45, 7) is 1.05. The monoisotopic (exact) mass is 366 g/mol. The van der Waals surface area contributed by atoms with Gasteiger partial charge in [0.25, 0.3) is 5.91 Å². The second kappa shape index (κ2) is 6.28. The molecule has 1 aromatic rings. The molecule has 2 amide bonds. The number of hydrogen-bond acceptors (Lipinski definition) is 3. The lowest BCUT2D eigenvalue weighted by atomic mass is 9.96. The molecule has 5 nitrogen and oxygen atoms in total. The molecule has 1 saturated heterocycles. The molecule has 2 aliphatic rings. The number of likely N-dealkylation sites (tertiary alicyclic amines) is 1. The summed E-state index contributed by atoms with van der Waals surface area (Å²) in [6, 6.07) is 5.19. The van der Waals surface area contributed by atoms with Crippen molar-refractivity contribution >= 4 is 27.7 Å². The first-order chi connectivity index (χ1) is 10.5. The molecule has 0 spiro atoms. The van der Waals surface area contributed by atoms with Crippen LogP contribution in [0.2, 0.25) is 0 Å². The van der Waals surface area contributed by atoms with Crippen molar-refractivity contribution in [1.29, 1.82) is 0 Å². The Kier molecular flexibility index (Phi) is 4.38. The van der Waals surface area contributed by atoms with Crippen molar-refractivity contribution in [2.24, 2.45) is 5.92 Å². The topological polar surface area (TPSA) is 69.6 Å². The lowest BCUT2D eigenvalue weighted by molar-refractivity contribution is -0.126. The Morgan fingerprint density at radius 2 is 2.05 bits per heavy atom. The lowest BCUT2D eigenvalue weighted by Crippen LogP contribution is -2.45. The standard InChI is InChI=1S/C16H19BrN2O3/c17-11-3-6-13(14(20)8-11)16(22)19-7-1-2-10(9-19)15(21)18-12-4-5-12/h3,6,8,10,12,20H,1-2,4-5,7,9H2,(H,18,21)/t10-/m1/s1. The van der Waals surface area contributed by atoms with E-state index in [1.807, 2.05) is 0 Å². The quantitative estimate of drug-likeness (QED) is 0.861. The van der Waals surface area contributed by atoms with E-state index >= 15 is 0 Å². The van der Waals surface area contributed by atoms with Crippen molar-refractivity contribution in [3.05, 3.63) is 28.2 Å². The minimum Gasteiger partial charge on any atom is -0.507 e. The average Bonchev–Trinajstić information content (AvgIpc) is 3.31. The highest BCUT2D eigenvalue weighted by atomic mass is 79.9. The zero-order chi connectivity index (χ0) is 15.7. The number of rotatable bonds is 3. The molecule has 1 aliphatic heterocycles. The first-order valence-electron chi connectivity index (χ1n) is 7.63. The molecule has 0 bridgehead atoms. The number of nitrogens with one attached hydrogen (secondary N) is 1. The Hall–Kier alpha value is -1.56. The van der Waals surface area contributed by atoms with E-state index in [4.69, 9.17) is 0 Å². The number of phenolic OH excluding ortho intramolecular Hbond substituents is 1. The summed E-state index contributed by atoms with van der Waals surface area (Å²) in [6.07, 6.45) is 3.75. The molecule has 118 valence electrons. The smallest absolute Gasteiger partial charge is 0.257 e. The third-order valence-corrected chi connectivity index (χ3v) is 4.69. The number of piperidine rings is 1. The van der Waals surface area contributed by atoms with Crippen LogP contribution in [0.5, 0.6) is 5.75 Å². The minimum atomic E-state index is -0.214. The number of aromatic hydroxyl groups is 1. The molecule has 1 aromatic carbocycles. The van der Waals surface area contributed by atoms with Crippen LogP contribution in [0.25, 0.3) is 0 Å². The number of nitrogens with zero attached hydrogens (tertiary/aromatic N) is 1. The lowest BCUT2D eigenvalue weighted by Gasteiger charge is -2.32. The molecule has 6 heteroatoms. The van der Waals surface area contributed by atoms with E-state index in [9.17, 15) is 14.7 Å². The van der Waals surface area contributed by atoms with Gasteiger partial charge in [0.05, 0.1) is 11.5 Å². The summed E-state index contributed by atoms with van der Waals surface area (Å²) >= 11 is 3.26. The van der Waals surface area contributed by atoms with Crippen molar-refractivity contribution in [3.63, 3.8) is 0 Å². The summed E-state index contributed by atoms with van der Waals surface area (Å²) in [5, 5.41) is 12.9. The van der Waals surface area contributed by atoms with Crippen LogP contribution in [0.1, 0.15) is 36.0 Å². The van der Waals surface area contributed by atoms with Gasteiger partial charge in [0, 0.05) is 23.6 Å². The first-order valence-corrected chi connectivity index (χ1v) is 8.42. The molecule has 2 N–H and O–H groups in total. The van der Waals surface area contributed by atoms with E-state index in [0.717, 1.165) is 30.2 Å². The maximum atomic E-state index is 12.6. The van der Waals surface area contributed by atoms with Crippen molar-refractivity contribution in [1.82, 2.24) is 10.2 Å². The van der Waals surface area contributed by atoms with Gasteiger partial charge in [-0.2, -0.15) is 0 Å². The normalized spacial score (nSPS) is 21.5. The Balaban J connectivity index is 1.67. The van der Waals surface area contributed by atoms with Gasteiger partial charge in [0.15, 0.2) is 0 Å². The fraction of sp³-hybridized carbons (Fsp3) is 0.500. The summed E-state index contributed by atoms with van der Waals surface area (Å²) < 4.78 is 0.724. The third kappa shape index (κ3) is 3.43. The Labute approximate surface area is 137 Å². The van der Waals surface area contributed by atoms with E-state index in [1.165, 1.54) is 6.07 Å². The summed E-state index contributed by atoms with van der Waals surface area (Å²) in [4.78, 5) is 26.4. The van der Waals surface area contributed by atoms with Crippen molar-refractivity contribution in [2.45, 2.75) is 31.7 Å². The second-order valence-electron chi connectivity index (χ2n) is 6.03. The number of hydrogen-bond donors (Lipinski definition) is 2. The molecule has 0 aromatic heterocycles. The van der Waals surface area contributed by atoms with E-state index in [2.05, 4.69) is 21.2 Å². The molecule has 1 heterocycles. The molecule has 1 atom stereocenters. The van der Waals surface area contributed by atoms with Gasteiger partial charge in [-0.3, -0.25) is 9.59 Å². The number of phenols is 1. The molecule has 0 unspecified atom stereocenters. The fourth-order valence-electron chi connectivity index (χ4n) is 2.78. The highest BCUT2D eigenvalue weighted by Gasteiger charge is 2.32. The van der Waals surface area contributed by atoms with Gasteiger partial charge >= 0.3 is 0 Å². The maximum absolute atomic E-state index is 12.6. The van der Waals surface area contributed by atoms with Crippen LogP contribution in [0, 0.1) is 5.92 Å². The van der Waals surface area contributed by atoms with Gasteiger partial charge in [0.1, 0.15) is 5.75 Å². The van der Waals surface area contributed by atoms with Crippen LogP contribution >= 0.6 is 15.9 Å². The van der Waals surface area contributed by atoms with Crippen molar-refractivity contribution in [2.75, 3.05) is 13.1 Å². The number of carbonyl (C=O) groups excluding carboxylic acids is 2.